The molecule has 7 heteroatoms. The van der Waals surface area contributed by atoms with E-state index in [4.69, 9.17) is 9.72 Å². The van der Waals surface area contributed by atoms with Crippen molar-refractivity contribution in [3.05, 3.63) is 34.8 Å². The predicted octanol–water partition coefficient (Wildman–Crippen LogP) is 3.45. The first-order chi connectivity index (χ1) is 13.3. The minimum absolute atomic E-state index is 0.0531. The van der Waals surface area contributed by atoms with Crippen molar-refractivity contribution in [3.8, 4) is 0 Å². The zero-order chi connectivity index (χ0) is 20.3. The maximum absolute atomic E-state index is 12.8. The number of methoxy groups -OCH3 is 1. The van der Waals surface area contributed by atoms with Crippen molar-refractivity contribution in [1.29, 1.82) is 0 Å². The molecule has 3 rings (SSSR count). The molecular formula is C21H30N4O2S. The number of hydrogen-bond acceptors (Lipinski definition) is 5. The largest absolute Gasteiger partial charge is 0.383 e. The highest BCUT2D eigenvalue weighted by Gasteiger charge is 2.21. The first-order valence-corrected chi connectivity index (χ1v) is 10.5. The van der Waals surface area contributed by atoms with Crippen LogP contribution in [-0.2, 0) is 11.2 Å². The lowest BCUT2D eigenvalue weighted by molar-refractivity contribution is 0.0750. The number of carbonyl (C=O) groups excluding carboxylic acids is 1. The van der Waals surface area contributed by atoms with E-state index in [1.54, 1.807) is 12.0 Å². The Labute approximate surface area is 170 Å². The van der Waals surface area contributed by atoms with E-state index in [1.807, 2.05) is 17.6 Å². The SMILES string of the molecule is COCCNCCc1ccc2c(c1)nc1sc(C(=O)N(C)CC(C)(C)C)cn12. The van der Waals surface area contributed by atoms with Gasteiger partial charge in [0.25, 0.3) is 5.91 Å². The van der Waals surface area contributed by atoms with E-state index in [2.05, 4.69) is 44.3 Å². The van der Waals surface area contributed by atoms with Crippen molar-refractivity contribution >= 4 is 33.2 Å². The van der Waals surface area contributed by atoms with E-state index in [0.29, 0.717) is 6.54 Å². The summed E-state index contributed by atoms with van der Waals surface area (Å²) in [6.07, 6.45) is 2.87. The number of nitrogens with one attached hydrogen (secondary N) is 1. The molecule has 152 valence electrons. The lowest BCUT2D eigenvalue weighted by Crippen LogP contribution is -2.34. The Morgan fingerprint density at radius 2 is 2.11 bits per heavy atom. The molecule has 0 bridgehead atoms. The molecule has 0 aliphatic rings. The van der Waals surface area contributed by atoms with Gasteiger partial charge in [0.15, 0.2) is 4.96 Å². The molecule has 1 amide bonds. The van der Waals surface area contributed by atoms with Gasteiger partial charge in [0.1, 0.15) is 4.88 Å². The van der Waals surface area contributed by atoms with Crippen LogP contribution < -0.4 is 5.32 Å². The average Bonchev–Trinajstić information content (AvgIpc) is 3.16. The zero-order valence-corrected chi connectivity index (χ0v) is 18.2. The normalized spacial score (nSPS) is 12.2. The van der Waals surface area contributed by atoms with Crippen LogP contribution in [0.25, 0.3) is 16.0 Å². The average molecular weight is 403 g/mol. The molecular weight excluding hydrogens is 372 g/mol. The number of benzene rings is 1. The Bertz CT molecular complexity index is 955. The Morgan fingerprint density at radius 1 is 1.32 bits per heavy atom. The third-order valence-corrected chi connectivity index (χ3v) is 5.48. The number of nitrogens with zero attached hydrogens (tertiary/aromatic N) is 3. The van der Waals surface area contributed by atoms with Crippen LogP contribution in [-0.4, -0.2) is 60.6 Å². The fraction of sp³-hybridized carbons (Fsp3) is 0.524. The molecule has 28 heavy (non-hydrogen) atoms. The molecule has 3 aromatic rings. The summed E-state index contributed by atoms with van der Waals surface area (Å²) in [5, 5.41) is 3.36. The number of rotatable bonds is 8. The van der Waals surface area contributed by atoms with Gasteiger partial charge in [-0.3, -0.25) is 9.20 Å². The summed E-state index contributed by atoms with van der Waals surface area (Å²) in [5.41, 5.74) is 3.34. The fourth-order valence-corrected chi connectivity index (χ4v) is 4.31. The minimum Gasteiger partial charge on any atom is -0.383 e. The minimum atomic E-state index is 0.0531. The lowest BCUT2D eigenvalue weighted by atomic mass is 9.96. The second kappa shape index (κ2) is 8.59. The van der Waals surface area contributed by atoms with Gasteiger partial charge in [0.2, 0.25) is 0 Å². The maximum atomic E-state index is 12.8. The van der Waals surface area contributed by atoms with Gasteiger partial charge in [-0.25, -0.2) is 4.98 Å². The lowest BCUT2D eigenvalue weighted by Gasteiger charge is -2.26. The van der Waals surface area contributed by atoms with Gasteiger partial charge < -0.3 is 15.0 Å². The highest BCUT2D eigenvalue weighted by Crippen LogP contribution is 2.26. The monoisotopic (exact) mass is 402 g/mol. The van der Waals surface area contributed by atoms with Crippen LogP contribution in [0.2, 0.25) is 0 Å². The Balaban J connectivity index is 1.74. The van der Waals surface area contributed by atoms with Gasteiger partial charge in [-0.05, 0) is 36.1 Å². The Morgan fingerprint density at radius 3 is 2.82 bits per heavy atom. The molecule has 1 N–H and O–H groups in total. The summed E-state index contributed by atoms with van der Waals surface area (Å²) in [7, 11) is 3.57. The van der Waals surface area contributed by atoms with Crippen molar-refractivity contribution in [3.63, 3.8) is 0 Å². The summed E-state index contributed by atoms with van der Waals surface area (Å²) < 4.78 is 7.07. The highest BCUT2D eigenvalue weighted by molar-refractivity contribution is 7.18. The van der Waals surface area contributed by atoms with E-state index in [0.717, 1.165) is 47.0 Å². The molecule has 0 aliphatic carbocycles. The quantitative estimate of drug-likeness (QED) is 0.587. The Kier molecular flexibility index (Phi) is 6.37. The molecule has 0 atom stereocenters. The second-order valence-corrected chi connectivity index (χ2v) is 9.41. The van der Waals surface area contributed by atoms with Crippen LogP contribution in [0, 0.1) is 5.41 Å². The van der Waals surface area contributed by atoms with Gasteiger partial charge >= 0.3 is 0 Å². The van der Waals surface area contributed by atoms with E-state index in [9.17, 15) is 4.79 Å². The van der Waals surface area contributed by atoms with Gasteiger partial charge in [-0.2, -0.15) is 0 Å². The van der Waals surface area contributed by atoms with Gasteiger partial charge in [0, 0.05) is 33.4 Å². The number of aromatic nitrogens is 2. The molecule has 0 fully saturated rings. The fourth-order valence-electron chi connectivity index (χ4n) is 3.32. The zero-order valence-electron chi connectivity index (χ0n) is 17.4. The van der Waals surface area contributed by atoms with Gasteiger partial charge in [0.05, 0.1) is 17.6 Å². The first-order valence-electron chi connectivity index (χ1n) is 9.64. The number of amides is 1. The van der Waals surface area contributed by atoms with Crippen LogP contribution in [0.15, 0.2) is 24.4 Å². The van der Waals surface area contributed by atoms with Crippen LogP contribution in [0.1, 0.15) is 36.0 Å². The summed E-state index contributed by atoms with van der Waals surface area (Å²) >= 11 is 1.45. The molecule has 0 radical (unpaired) electrons. The van der Waals surface area contributed by atoms with Crippen molar-refractivity contribution in [2.24, 2.45) is 5.41 Å². The molecule has 2 heterocycles. The number of carbonyl (C=O) groups is 1. The third kappa shape index (κ3) is 4.90. The van der Waals surface area contributed by atoms with E-state index in [1.165, 1.54) is 16.9 Å². The summed E-state index contributed by atoms with van der Waals surface area (Å²) in [5.74, 6) is 0.0531. The van der Waals surface area contributed by atoms with Crippen molar-refractivity contribution in [2.45, 2.75) is 27.2 Å². The van der Waals surface area contributed by atoms with Gasteiger partial charge in [-0.15, -0.1) is 0 Å². The van der Waals surface area contributed by atoms with Crippen LogP contribution >= 0.6 is 11.3 Å². The predicted molar refractivity (Wildman–Crippen MR) is 115 cm³/mol. The number of hydrogen-bond donors (Lipinski definition) is 1. The molecule has 0 aliphatic heterocycles. The highest BCUT2D eigenvalue weighted by atomic mass is 32.1. The molecule has 0 saturated heterocycles. The standard InChI is InChI=1S/C21H30N4O2S/c1-21(2,3)14-24(4)19(26)18-13-25-17-7-6-15(8-9-22-10-11-27-5)12-16(17)23-20(25)28-18/h6-7,12-13,22H,8-11,14H2,1-5H3. The molecule has 0 spiro atoms. The van der Waals surface area contributed by atoms with Crippen molar-refractivity contribution in [1.82, 2.24) is 19.6 Å². The molecule has 2 aromatic heterocycles. The van der Waals surface area contributed by atoms with Crippen molar-refractivity contribution < 1.29 is 9.53 Å². The number of imidazole rings is 1. The van der Waals surface area contributed by atoms with E-state index >= 15 is 0 Å². The van der Waals surface area contributed by atoms with Crippen LogP contribution in [0.5, 0.6) is 0 Å². The first kappa shape index (κ1) is 20.8. The van der Waals surface area contributed by atoms with E-state index < -0.39 is 0 Å². The topological polar surface area (TPSA) is 58.9 Å². The number of ether oxygens (including phenoxy) is 1. The van der Waals surface area contributed by atoms with Crippen molar-refractivity contribution in [2.75, 3.05) is 40.4 Å². The molecule has 0 saturated carbocycles. The third-order valence-electron chi connectivity index (χ3n) is 4.51. The maximum Gasteiger partial charge on any atom is 0.265 e. The Hall–Kier alpha value is -1.96. The van der Waals surface area contributed by atoms with Gasteiger partial charge in [-0.1, -0.05) is 38.2 Å². The molecule has 1 aromatic carbocycles. The summed E-state index contributed by atoms with van der Waals surface area (Å²) in [4.78, 5) is 20.9. The number of thiazole rings is 1. The number of fused-ring (bicyclic) bond motifs is 3. The van der Waals surface area contributed by atoms with Crippen LogP contribution in [0.3, 0.4) is 0 Å². The van der Waals surface area contributed by atoms with Crippen LogP contribution in [0.4, 0.5) is 0 Å². The molecule has 0 unspecified atom stereocenters. The smallest absolute Gasteiger partial charge is 0.265 e. The second-order valence-electron chi connectivity index (χ2n) is 8.40. The summed E-state index contributed by atoms with van der Waals surface area (Å²) in [6.45, 7) is 9.62. The summed E-state index contributed by atoms with van der Waals surface area (Å²) in [6, 6.07) is 6.37. The van der Waals surface area contributed by atoms with E-state index in [-0.39, 0.29) is 11.3 Å². The molecule has 6 nitrogen and oxygen atoms in total.